The average molecular weight is 667 g/mol. The maximum atomic E-state index is 14.1. The molecule has 2 aromatic heterocycles. The molecule has 1 fully saturated rings. The fraction of sp³-hybridized carbons (Fsp3) is 0.400. The third kappa shape index (κ3) is 5.73. The number of fused-ring (bicyclic) bond motifs is 3. The third-order valence-electron chi connectivity index (χ3n) is 7.72. The number of carbonyl (C=O) groups excluding carboxylic acids is 2. The van der Waals surface area contributed by atoms with Crippen LogP contribution in [0, 0.1) is 12.3 Å². The number of amides is 1. The molecule has 1 saturated carbocycles. The summed E-state index contributed by atoms with van der Waals surface area (Å²) in [4.78, 5) is 35.8. The molecule has 0 atom stereocenters. The summed E-state index contributed by atoms with van der Waals surface area (Å²) in [6, 6.07) is 8.21. The third-order valence-corrected chi connectivity index (χ3v) is 8.58. The summed E-state index contributed by atoms with van der Waals surface area (Å²) in [5, 5.41) is 3.85. The van der Waals surface area contributed by atoms with Gasteiger partial charge in [-0.2, -0.15) is 0 Å². The van der Waals surface area contributed by atoms with Crippen molar-refractivity contribution in [3.63, 3.8) is 0 Å². The molecule has 0 unspecified atom stereocenters. The molecule has 1 N–H and O–H groups in total. The van der Waals surface area contributed by atoms with Gasteiger partial charge in [-0.1, -0.05) is 33.6 Å². The first-order valence-electron chi connectivity index (χ1n) is 13.3. The smallest absolute Gasteiger partial charge is 0.459 e. The van der Waals surface area contributed by atoms with Gasteiger partial charge >= 0.3 is 12.3 Å². The summed E-state index contributed by atoms with van der Waals surface area (Å²) in [6.45, 7) is 6.95. The van der Waals surface area contributed by atoms with Crippen molar-refractivity contribution in [2.75, 3.05) is 0 Å². The Morgan fingerprint density at radius 1 is 1.10 bits per heavy atom. The van der Waals surface area contributed by atoms with Crippen LogP contribution in [0.1, 0.15) is 67.9 Å². The Hall–Kier alpha value is -3.18. The van der Waals surface area contributed by atoms with Gasteiger partial charge in [-0.25, -0.2) is 9.97 Å². The highest BCUT2D eigenvalue weighted by atomic mass is 79.9. The normalized spacial score (nSPS) is 22.1. The van der Waals surface area contributed by atoms with Gasteiger partial charge in [-0.3, -0.25) is 9.59 Å². The van der Waals surface area contributed by atoms with E-state index in [1.807, 2.05) is 0 Å². The molecule has 7 nitrogen and oxygen atoms in total. The van der Waals surface area contributed by atoms with Crippen LogP contribution in [0.5, 0.6) is 5.88 Å². The first-order chi connectivity index (χ1) is 19.5. The van der Waals surface area contributed by atoms with Crippen molar-refractivity contribution in [1.29, 1.82) is 0 Å². The minimum absolute atomic E-state index is 0.0274. The lowest BCUT2D eigenvalue weighted by atomic mass is 9.57. The zero-order valence-electron chi connectivity index (χ0n) is 23.3. The Morgan fingerprint density at radius 2 is 1.79 bits per heavy atom. The Bertz CT molecular complexity index is 1630. The number of nitrogens with zero attached hydrogens (tertiary/aromatic N) is 2. The number of aromatic nitrogens is 2. The second-order valence-corrected chi connectivity index (χ2v) is 13.0. The van der Waals surface area contributed by atoms with E-state index in [1.165, 1.54) is 18.3 Å². The topological polar surface area (TPSA) is 90.4 Å². The monoisotopic (exact) mass is 665 g/mol. The molecule has 12 heteroatoms. The van der Waals surface area contributed by atoms with E-state index in [2.05, 4.69) is 36.0 Å². The summed E-state index contributed by atoms with van der Waals surface area (Å²) in [7, 11) is 0. The molecular weight excluding hydrogens is 639 g/mol. The van der Waals surface area contributed by atoms with E-state index in [1.54, 1.807) is 52.0 Å². The Morgan fingerprint density at radius 3 is 2.43 bits per heavy atom. The maximum absolute atomic E-state index is 14.1. The minimum Gasteiger partial charge on any atom is -0.459 e. The van der Waals surface area contributed by atoms with Crippen LogP contribution in [-0.4, -0.2) is 39.3 Å². The number of benzene rings is 1. The largest absolute Gasteiger partial charge is 0.574 e. The van der Waals surface area contributed by atoms with Crippen LogP contribution in [-0.2, 0) is 9.53 Å². The van der Waals surface area contributed by atoms with E-state index in [0.29, 0.717) is 40.4 Å². The summed E-state index contributed by atoms with van der Waals surface area (Å²) in [5.74, 6) is -1.61. The highest BCUT2D eigenvalue weighted by molar-refractivity contribution is 9.10. The minimum atomic E-state index is -5.01. The maximum Gasteiger partial charge on any atom is 0.574 e. The summed E-state index contributed by atoms with van der Waals surface area (Å²) < 4.78 is 51.0. The van der Waals surface area contributed by atoms with Crippen LogP contribution in [0.2, 0.25) is 5.15 Å². The Kier molecular flexibility index (Phi) is 7.58. The lowest BCUT2D eigenvalue weighted by molar-refractivity contribution is -0.276. The zero-order chi connectivity index (χ0) is 30.7. The quantitative estimate of drug-likeness (QED) is 0.222. The predicted octanol–water partition coefficient (Wildman–Crippen LogP) is 7.72. The SMILES string of the molecule is Cc1c(Cl)nc2ccc(Br)cc2c1C(=O)NC12CCC(C(=O)OC(C)(C)C)(C=C1c1cccnc1OC(F)(F)F)CC2. The fourth-order valence-electron chi connectivity index (χ4n) is 5.78. The van der Waals surface area contributed by atoms with Crippen molar-refractivity contribution in [2.45, 2.75) is 70.9 Å². The average Bonchev–Trinajstić information content (AvgIpc) is 2.88. The van der Waals surface area contributed by atoms with Gasteiger partial charge in [-0.15, -0.1) is 13.2 Å². The number of nitrogens with one attached hydrogen (secondary N) is 1. The van der Waals surface area contributed by atoms with Crippen molar-refractivity contribution in [2.24, 2.45) is 5.41 Å². The van der Waals surface area contributed by atoms with Crippen LogP contribution < -0.4 is 10.1 Å². The molecule has 3 aliphatic rings. The van der Waals surface area contributed by atoms with Crippen molar-refractivity contribution < 1.29 is 32.2 Å². The lowest BCUT2D eigenvalue weighted by Gasteiger charge is -2.51. The molecule has 1 amide bonds. The first-order valence-corrected chi connectivity index (χ1v) is 14.5. The summed E-state index contributed by atoms with van der Waals surface area (Å²) >= 11 is 9.85. The van der Waals surface area contributed by atoms with Gasteiger partial charge in [0.2, 0.25) is 5.88 Å². The van der Waals surface area contributed by atoms with E-state index in [0.717, 1.165) is 4.47 Å². The van der Waals surface area contributed by atoms with E-state index < -0.39 is 40.7 Å². The van der Waals surface area contributed by atoms with Crippen LogP contribution in [0.4, 0.5) is 13.2 Å². The molecule has 0 aliphatic heterocycles. The number of hydrogen-bond donors (Lipinski definition) is 1. The number of carbonyl (C=O) groups is 2. The van der Waals surface area contributed by atoms with Gasteiger partial charge < -0.3 is 14.8 Å². The van der Waals surface area contributed by atoms with Crippen molar-refractivity contribution >= 4 is 55.9 Å². The van der Waals surface area contributed by atoms with Crippen molar-refractivity contribution in [3.05, 3.63) is 68.9 Å². The van der Waals surface area contributed by atoms with Gasteiger partial charge in [0, 0.05) is 21.6 Å². The van der Waals surface area contributed by atoms with Crippen molar-refractivity contribution in [3.8, 4) is 5.88 Å². The number of halogens is 5. The Labute approximate surface area is 254 Å². The molecule has 2 heterocycles. The van der Waals surface area contributed by atoms with E-state index in [-0.39, 0.29) is 23.6 Å². The number of ether oxygens (including phenoxy) is 2. The van der Waals surface area contributed by atoms with Gasteiger partial charge in [0.15, 0.2) is 0 Å². The highest BCUT2D eigenvalue weighted by Gasteiger charge is 2.55. The van der Waals surface area contributed by atoms with Gasteiger partial charge in [0.05, 0.1) is 22.0 Å². The zero-order valence-corrected chi connectivity index (χ0v) is 25.6. The van der Waals surface area contributed by atoms with Crippen LogP contribution >= 0.6 is 27.5 Å². The molecular formula is C30H28BrClF3N3O4. The number of rotatable bonds is 5. The first kappa shape index (κ1) is 30.3. The van der Waals surface area contributed by atoms with E-state index in [9.17, 15) is 22.8 Å². The highest BCUT2D eigenvalue weighted by Crippen LogP contribution is 2.56. The van der Waals surface area contributed by atoms with Crippen LogP contribution in [0.3, 0.4) is 0 Å². The van der Waals surface area contributed by atoms with Crippen LogP contribution in [0.15, 0.2) is 47.1 Å². The van der Waals surface area contributed by atoms with E-state index in [4.69, 9.17) is 16.3 Å². The molecule has 222 valence electrons. The summed E-state index contributed by atoms with van der Waals surface area (Å²) in [6.07, 6.45) is -1.00. The standard InChI is InChI=1S/C30H28BrClF3N3O4/c1-16-22(19-14-17(31)7-8-21(19)37-23(16)32)24(39)38-29-11-9-28(10-12-29,26(40)42-27(2,3)4)15-20(29)18-6-5-13-36-25(18)41-30(33,34)35/h5-8,13-15H,9-12H2,1-4H3,(H,38,39). The molecule has 3 aromatic rings. The van der Waals surface area contributed by atoms with E-state index >= 15 is 0 Å². The second-order valence-electron chi connectivity index (χ2n) is 11.7. The molecule has 0 saturated heterocycles. The fourth-order valence-corrected chi connectivity index (χ4v) is 6.33. The van der Waals surface area contributed by atoms with Crippen LogP contribution in [0.25, 0.3) is 16.5 Å². The number of alkyl halides is 3. The molecule has 1 aromatic carbocycles. The number of hydrogen-bond acceptors (Lipinski definition) is 6. The Balaban J connectivity index is 1.65. The molecule has 0 radical (unpaired) electrons. The van der Waals surface area contributed by atoms with Gasteiger partial charge in [-0.05, 0) is 94.8 Å². The lowest BCUT2D eigenvalue weighted by Crippen LogP contribution is -2.58. The predicted molar refractivity (Wildman–Crippen MR) is 155 cm³/mol. The van der Waals surface area contributed by atoms with Gasteiger partial charge in [0.1, 0.15) is 10.8 Å². The molecule has 42 heavy (non-hydrogen) atoms. The molecule has 0 spiro atoms. The molecule has 6 rings (SSSR count). The second kappa shape index (κ2) is 10.5. The number of esters is 1. The molecule has 3 aliphatic carbocycles. The molecule has 2 bridgehead atoms. The van der Waals surface area contributed by atoms with Gasteiger partial charge in [0.25, 0.3) is 5.91 Å². The number of pyridine rings is 2. The summed E-state index contributed by atoms with van der Waals surface area (Å²) in [5.41, 5.74) is -1.38. The van der Waals surface area contributed by atoms with Crippen molar-refractivity contribution in [1.82, 2.24) is 15.3 Å².